The molecule has 0 saturated heterocycles. The Morgan fingerprint density at radius 3 is 2.86 bits per heavy atom. The molecule has 3 rings (SSSR count). The lowest BCUT2D eigenvalue weighted by Gasteiger charge is -2.08. The van der Waals surface area contributed by atoms with Crippen LogP contribution in [0, 0.1) is 0 Å². The molecule has 3 aromatic rings. The second kappa shape index (κ2) is 5.60. The van der Waals surface area contributed by atoms with Crippen LogP contribution in [0.1, 0.15) is 43.7 Å². The molecule has 0 aliphatic rings. The molecule has 5 heteroatoms. The Hall–Kier alpha value is -2.30. The number of H-pyrrole nitrogens is 1. The molecule has 0 amide bonds. The SMILES string of the molecule is CC(C)c1ccn[n+](CC(C)c2cnc3[nH]ncc3c2)c1. The Balaban J connectivity index is 1.81. The predicted molar refractivity (Wildman–Crippen MR) is 80.8 cm³/mol. The van der Waals surface area contributed by atoms with E-state index in [0.29, 0.717) is 11.8 Å². The van der Waals surface area contributed by atoms with Gasteiger partial charge in [-0.15, -0.1) is 0 Å². The van der Waals surface area contributed by atoms with Gasteiger partial charge < -0.3 is 0 Å². The van der Waals surface area contributed by atoms with Crippen LogP contribution in [0.15, 0.2) is 36.9 Å². The monoisotopic (exact) mass is 282 g/mol. The maximum Gasteiger partial charge on any atom is 0.199 e. The first kappa shape index (κ1) is 13.7. The van der Waals surface area contributed by atoms with Crippen molar-refractivity contribution in [3.05, 3.63) is 48.0 Å². The van der Waals surface area contributed by atoms with E-state index in [0.717, 1.165) is 17.6 Å². The predicted octanol–water partition coefficient (Wildman–Crippen LogP) is 2.57. The van der Waals surface area contributed by atoms with Crippen molar-refractivity contribution in [3.63, 3.8) is 0 Å². The molecule has 108 valence electrons. The van der Waals surface area contributed by atoms with E-state index >= 15 is 0 Å². The lowest BCUT2D eigenvalue weighted by molar-refractivity contribution is -0.756. The maximum absolute atomic E-state index is 4.42. The number of pyridine rings is 1. The van der Waals surface area contributed by atoms with E-state index in [1.807, 2.05) is 23.3 Å². The number of nitrogens with one attached hydrogen (secondary N) is 1. The highest BCUT2D eigenvalue weighted by Crippen LogP contribution is 2.18. The standard InChI is InChI=1S/C16H20N5/c1-11(2)13-4-5-19-21(10-13)9-12(3)14-6-15-8-18-20-16(15)17-7-14/h4-8,10-12H,9H2,1-3H3,(H,17,18,20)/q+1. The second-order valence-electron chi connectivity index (χ2n) is 5.81. The Morgan fingerprint density at radius 2 is 2.05 bits per heavy atom. The molecule has 0 aliphatic carbocycles. The maximum atomic E-state index is 4.42. The quantitative estimate of drug-likeness (QED) is 0.748. The van der Waals surface area contributed by atoms with Crippen LogP contribution in [0.4, 0.5) is 0 Å². The first-order valence-corrected chi connectivity index (χ1v) is 7.28. The molecular formula is C16H20N5+. The van der Waals surface area contributed by atoms with E-state index in [1.165, 1.54) is 11.1 Å². The smallest absolute Gasteiger partial charge is 0.199 e. The van der Waals surface area contributed by atoms with Crippen molar-refractivity contribution in [2.45, 2.75) is 39.2 Å². The van der Waals surface area contributed by atoms with Gasteiger partial charge in [0.25, 0.3) is 0 Å². The molecule has 3 heterocycles. The summed E-state index contributed by atoms with van der Waals surface area (Å²) in [5.41, 5.74) is 3.34. The number of hydrogen-bond donors (Lipinski definition) is 1. The minimum absolute atomic E-state index is 0.344. The van der Waals surface area contributed by atoms with E-state index < -0.39 is 0 Å². The first-order valence-electron chi connectivity index (χ1n) is 7.28. The number of hydrogen-bond acceptors (Lipinski definition) is 3. The van der Waals surface area contributed by atoms with Crippen molar-refractivity contribution >= 4 is 11.0 Å². The lowest BCUT2D eigenvalue weighted by Crippen LogP contribution is -2.40. The summed E-state index contributed by atoms with van der Waals surface area (Å²) in [5.74, 6) is 0.857. The minimum atomic E-state index is 0.344. The number of fused-ring (bicyclic) bond motifs is 1. The minimum Gasteiger partial charge on any atom is -0.261 e. The Kier molecular flexibility index (Phi) is 3.64. The van der Waals surface area contributed by atoms with Gasteiger partial charge in [-0.2, -0.15) is 5.10 Å². The molecule has 1 N–H and O–H groups in total. The number of nitrogens with zero attached hydrogens (tertiary/aromatic N) is 4. The molecule has 0 saturated carbocycles. The molecule has 3 aromatic heterocycles. The summed E-state index contributed by atoms with van der Waals surface area (Å²) < 4.78 is 2.01. The Labute approximate surface area is 124 Å². The van der Waals surface area contributed by atoms with Gasteiger partial charge in [-0.25, -0.2) is 4.98 Å². The van der Waals surface area contributed by atoms with Gasteiger partial charge >= 0.3 is 0 Å². The third kappa shape index (κ3) is 2.91. The van der Waals surface area contributed by atoms with E-state index in [-0.39, 0.29) is 0 Å². The van der Waals surface area contributed by atoms with E-state index in [4.69, 9.17) is 0 Å². The third-order valence-corrected chi connectivity index (χ3v) is 3.79. The van der Waals surface area contributed by atoms with Gasteiger partial charge in [0.05, 0.1) is 12.4 Å². The zero-order valence-electron chi connectivity index (χ0n) is 12.6. The van der Waals surface area contributed by atoms with Crippen LogP contribution in [0.25, 0.3) is 11.0 Å². The van der Waals surface area contributed by atoms with Crippen molar-refractivity contribution in [1.82, 2.24) is 20.3 Å². The largest absolute Gasteiger partial charge is 0.261 e. The van der Waals surface area contributed by atoms with Crippen molar-refractivity contribution < 1.29 is 4.68 Å². The van der Waals surface area contributed by atoms with Crippen molar-refractivity contribution in [2.24, 2.45) is 0 Å². The summed E-state index contributed by atoms with van der Waals surface area (Å²) in [7, 11) is 0. The van der Waals surface area contributed by atoms with Crippen LogP contribution in [-0.4, -0.2) is 20.3 Å². The van der Waals surface area contributed by atoms with Crippen LogP contribution in [0.2, 0.25) is 0 Å². The van der Waals surface area contributed by atoms with E-state index in [1.54, 1.807) is 0 Å². The van der Waals surface area contributed by atoms with Gasteiger partial charge in [0.1, 0.15) is 0 Å². The molecule has 21 heavy (non-hydrogen) atoms. The van der Waals surface area contributed by atoms with Crippen LogP contribution in [0.5, 0.6) is 0 Å². The summed E-state index contributed by atoms with van der Waals surface area (Å²) in [6, 6.07) is 4.22. The zero-order valence-corrected chi connectivity index (χ0v) is 12.6. The van der Waals surface area contributed by atoms with Gasteiger partial charge in [-0.1, -0.05) is 25.5 Å². The van der Waals surface area contributed by atoms with Gasteiger partial charge in [-0.3, -0.25) is 5.10 Å². The normalized spacial score (nSPS) is 13.0. The Bertz CT molecular complexity index is 747. The molecule has 0 aromatic carbocycles. The van der Waals surface area contributed by atoms with Crippen LogP contribution < -0.4 is 4.68 Å². The fourth-order valence-electron chi connectivity index (χ4n) is 2.40. The van der Waals surface area contributed by atoms with Crippen LogP contribution >= 0.6 is 0 Å². The topological polar surface area (TPSA) is 58.3 Å². The molecule has 0 fully saturated rings. The highest BCUT2D eigenvalue weighted by molar-refractivity contribution is 5.74. The average molecular weight is 282 g/mol. The van der Waals surface area contributed by atoms with E-state index in [2.05, 4.69) is 59.4 Å². The summed E-state index contributed by atoms with van der Waals surface area (Å²) in [6.07, 6.45) is 7.73. The first-order chi connectivity index (χ1) is 10.1. The van der Waals surface area contributed by atoms with Crippen molar-refractivity contribution in [1.29, 1.82) is 0 Å². The molecule has 5 nitrogen and oxygen atoms in total. The molecular weight excluding hydrogens is 262 g/mol. The molecule has 1 atom stereocenters. The fourth-order valence-corrected chi connectivity index (χ4v) is 2.40. The second-order valence-corrected chi connectivity index (χ2v) is 5.81. The zero-order chi connectivity index (χ0) is 14.8. The molecule has 0 aliphatic heterocycles. The van der Waals surface area contributed by atoms with Gasteiger partial charge in [0.15, 0.2) is 18.4 Å². The molecule has 0 spiro atoms. The average Bonchev–Trinajstić information content (AvgIpc) is 2.94. The lowest BCUT2D eigenvalue weighted by atomic mass is 10.0. The number of rotatable bonds is 4. The molecule has 0 radical (unpaired) electrons. The third-order valence-electron chi connectivity index (χ3n) is 3.79. The summed E-state index contributed by atoms with van der Waals surface area (Å²) in [5, 5.41) is 12.4. The molecule has 1 unspecified atom stereocenters. The van der Waals surface area contributed by atoms with Gasteiger partial charge in [0, 0.05) is 23.1 Å². The van der Waals surface area contributed by atoms with Crippen molar-refractivity contribution in [2.75, 3.05) is 0 Å². The van der Waals surface area contributed by atoms with Crippen LogP contribution in [-0.2, 0) is 6.54 Å². The van der Waals surface area contributed by atoms with Gasteiger partial charge in [0.2, 0.25) is 0 Å². The highest BCUT2D eigenvalue weighted by Gasteiger charge is 2.15. The summed E-state index contributed by atoms with van der Waals surface area (Å²) in [4.78, 5) is 4.40. The number of aromatic amines is 1. The van der Waals surface area contributed by atoms with Gasteiger partial charge in [-0.05, 0) is 28.7 Å². The molecule has 0 bridgehead atoms. The van der Waals surface area contributed by atoms with Crippen molar-refractivity contribution in [3.8, 4) is 0 Å². The Morgan fingerprint density at radius 1 is 1.19 bits per heavy atom. The van der Waals surface area contributed by atoms with Crippen LogP contribution in [0.3, 0.4) is 0 Å². The fraction of sp³-hybridized carbons (Fsp3) is 0.375. The summed E-state index contributed by atoms with van der Waals surface area (Å²) in [6.45, 7) is 7.42. The number of aromatic nitrogens is 5. The van der Waals surface area contributed by atoms with E-state index in [9.17, 15) is 0 Å². The summed E-state index contributed by atoms with van der Waals surface area (Å²) >= 11 is 0. The highest BCUT2D eigenvalue weighted by atomic mass is 15.2.